The first-order chi connectivity index (χ1) is 9.74. The van der Waals surface area contributed by atoms with Crippen LogP contribution in [0.5, 0.6) is 5.75 Å². The number of hydrazine groups is 1. The van der Waals surface area contributed by atoms with Gasteiger partial charge in [-0.25, -0.2) is 10.8 Å². The molecule has 0 saturated heterocycles. The summed E-state index contributed by atoms with van der Waals surface area (Å²) in [6.45, 7) is 4.82. The zero-order chi connectivity index (χ0) is 14.4. The van der Waals surface area contributed by atoms with Crippen LogP contribution in [0.3, 0.4) is 0 Å². The molecule has 0 amide bonds. The van der Waals surface area contributed by atoms with E-state index in [1.54, 1.807) is 0 Å². The largest absolute Gasteiger partial charge is 0.487 e. The van der Waals surface area contributed by atoms with Gasteiger partial charge in [0.25, 0.3) is 0 Å². The summed E-state index contributed by atoms with van der Waals surface area (Å²) >= 11 is 0. The molecule has 1 unspecified atom stereocenters. The Morgan fingerprint density at radius 3 is 2.75 bits per heavy atom. The van der Waals surface area contributed by atoms with E-state index in [1.165, 1.54) is 5.56 Å². The Labute approximate surface area is 120 Å². The number of rotatable bonds is 6. The van der Waals surface area contributed by atoms with Crippen LogP contribution >= 0.6 is 0 Å². The SMILES string of the molecule is CCC(C)c1ccccc1OCc1cccc(NN)n1. The van der Waals surface area contributed by atoms with Crippen LogP contribution in [0.25, 0.3) is 0 Å². The standard InChI is InChI=1S/C16H21N3O/c1-3-12(2)14-8-4-5-9-15(14)20-11-13-7-6-10-16(18-13)19-17/h4-10,12H,3,11,17H2,1-2H3,(H,18,19). The highest BCUT2D eigenvalue weighted by Gasteiger charge is 2.09. The molecule has 1 aromatic heterocycles. The van der Waals surface area contributed by atoms with E-state index >= 15 is 0 Å². The molecule has 0 spiro atoms. The molecule has 2 aromatic rings. The van der Waals surface area contributed by atoms with E-state index in [1.807, 2.05) is 36.4 Å². The fourth-order valence-corrected chi connectivity index (χ4v) is 2.03. The molecular weight excluding hydrogens is 250 g/mol. The molecule has 0 bridgehead atoms. The Balaban J connectivity index is 2.10. The van der Waals surface area contributed by atoms with Gasteiger partial charge in [-0.2, -0.15) is 0 Å². The van der Waals surface area contributed by atoms with Crippen LogP contribution < -0.4 is 16.0 Å². The minimum atomic E-state index is 0.433. The molecule has 1 heterocycles. The van der Waals surface area contributed by atoms with Crippen LogP contribution in [-0.2, 0) is 6.61 Å². The van der Waals surface area contributed by atoms with Gasteiger partial charge in [-0.1, -0.05) is 38.1 Å². The minimum absolute atomic E-state index is 0.433. The first kappa shape index (κ1) is 14.3. The number of para-hydroxylation sites is 1. The number of hydrogen-bond acceptors (Lipinski definition) is 4. The topological polar surface area (TPSA) is 60.2 Å². The number of hydrogen-bond donors (Lipinski definition) is 2. The summed E-state index contributed by atoms with van der Waals surface area (Å²) in [6.07, 6.45) is 1.09. The van der Waals surface area contributed by atoms with Crippen molar-refractivity contribution in [3.8, 4) is 5.75 Å². The Hall–Kier alpha value is -2.07. The van der Waals surface area contributed by atoms with E-state index in [4.69, 9.17) is 10.6 Å². The van der Waals surface area contributed by atoms with Crippen LogP contribution in [-0.4, -0.2) is 4.98 Å². The first-order valence-electron chi connectivity index (χ1n) is 6.88. The highest BCUT2D eigenvalue weighted by molar-refractivity contribution is 5.36. The molecular formula is C16H21N3O. The zero-order valence-corrected chi connectivity index (χ0v) is 12.0. The molecule has 0 aliphatic carbocycles. The Bertz CT molecular complexity index is 557. The van der Waals surface area contributed by atoms with E-state index < -0.39 is 0 Å². The van der Waals surface area contributed by atoms with Crippen molar-refractivity contribution in [3.05, 3.63) is 53.7 Å². The minimum Gasteiger partial charge on any atom is -0.487 e. The summed E-state index contributed by atoms with van der Waals surface area (Å²) < 4.78 is 5.91. The highest BCUT2D eigenvalue weighted by atomic mass is 16.5. The Morgan fingerprint density at radius 1 is 1.20 bits per heavy atom. The third-order valence-electron chi connectivity index (χ3n) is 3.39. The molecule has 4 nitrogen and oxygen atoms in total. The van der Waals surface area contributed by atoms with Gasteiger partial charge in [-0.05, 0) is 36.1 Å². The van der Waals surface area contributed by atoms with E-state index in [0.717, 1.165) is 17.9 Å². The smallest absolute Gasteiger partial charge is 0.140 e. The maximum atomic E-state index is 5.91. The van der Waals surface area contributed by atoms with Gasteiger partial charge in [0.1, 0.15) is 18.2 Å². The van der Waals surface area contributed by atoms with Gasteiger partial charge < -0.3 is 10.2 Å². The highest BCUT2D eigenvalue weighted by Crippen LogP contribution is 2.28. The number of nitrogens with one attached hydrogen (secondary N) is 1. The first-order valence-corrected chi connectivity index (χ1v) is 6.88. The summed E-state index contributed by atoms with van der Waals surface area (Å²) in [7, 11) is 0. The van der Waals surface area contributed by atoms with Gasteiger partial charge in [-0.3, -0.25) is 0 Å². The van der Waals surface area contributed by atoms with Crippen molar-refractivity contribution in [2.75, 3.05) is 5.43 Å². The van der Waals surface area contributed by atoms with Gasteiger partial charge in [-0.15, -0.1) is 0 Å². The third kappa shape index (κ3) is 3.48. The number of nitrogens with two attached hydrogens (primary N) is 1. The molecule has 3 N–H and O–H groups in total. The quantitative estimate of drug-likeness (QED) is 0.624. The number of anilines is 1. The van der Waals surface area contributed by atoms with Gasteiger partial charge in [0.2, 0.25) is 0 Å². The normalized spacial score (nSPS) is 11.9. The summed E-state index contributed by atoms with van der Waals surface area (Å²) in [6, 6.07) is 13.8. The lowest BCUT2D eigenvalue weighted by atomic mass is 9.98. The maximum absolute atomic E-state index is 5.91. The summed E-state index contributed by atoms with van der Waals surface area (Å²) in [4.78, 5) is 4.34. The number of pyridine rings is 1. The van der Waals surface area contributed by atoms with E-state index in [-0.39, 0.29) is 0 Å². The van der Waals surface area contributed by atoms with Crippen LogP contribution in [0.4, 0.5) is 5.82 Å². The van der Waals surface area contributed by atoms with Crippen molar-refractivity contribution in [2.24, 2.45) is 5.84 Å². The number of nitrogen functional groups attached to an aromatic ring is 1. The fraction of sp³-hybridized carbons (Fsp3) is 0.312. The van der Waals surface area contributed by atoms with Gasteiger partial charge in [0, 0.05) is 0 Å². The maximum Gasteiger partial charge on any atom is 0.140 e. The van der Waals surface area contributed by atoms with Crippen LogP contribution in [0.15, 0.2) is 42.5 Å². The number of aromatic nitrogens is 1. The molecule has 1 atom stereocenters. The second-order valence-corrected chi connectivity index (χ2v) is 4.79. The molecule has 1 aromatic carbocycles. The van der Waals surface area contributed by atoms with Crippen LogP contribution in [0.2, 0.25) is 0 Å². The average Bonchev–Trinajstić information content (AvgIpc) is 2.52. The molecule has 0 radical (unpaired) electrons. The molecule has 106 valence electrons. The molecule has 4 heteroatoms. The number of benzene rings is 1. The van der Waals surface area contributed by atoms with Crippen LogP contribution in [0, 0.1) is 0 Å². The average molecular weight is 271 g/mol. The summed E-state index contributed by atoms with van der Waals surface area (Å²) in [5, 5.41) is 0. The molecule has 0 saturated carbocycles. The Kier molecular flexibility index (Phi) is 4.96. The predicted octanol–water partition coefficient (Wildman–Crippen LogP) is 3.46. The van der Waals surface area contributed by atoms with Crippen molar-refractivity contribution in [1.29, 1.82) is 0 Å². The van der Waals surface area contributed by atoms with Gasteiger partial charge in [0.05, 0.1) is 5.69 Å². The zero-order valence-electron chi connectivity index (χ0n) is 12.0. The lowest BCUT2D eigenvalue weighted by molar-refractivity contribution is 0.296. The van der Waals surface area contributed by atoms with Crippen LogP contribution in [0.1, 0.15) is 37.4 Å². The lowest BCUT2D eigenvalue weighted by Crippen LogP contribution is -2.10. The fourth-order valence-electron chi connectivity index (χ4n) is 2.03. The monoisotopic (exact) mass is 271 g/mol. The summed E-state index contributed by atoms with van der Waals surface area (Å²) in [5.41, 5.74) is 4.62. The van der Waals surface area contributed by atoms with Crippen molar-refractivity contribution in [3.63, 3.8) is 0 Å². The second kappa shape index (κ2) is 6.91. The molecule has 0 aliphatic heterocycles. The van der Waals surface area contributed by atoms with Crippen molar-refractivity contribution >= 4 is 5.82 Å². The lowest BCUT2D eigenvalue weighted by Gasteiger charge is -2.15. The molecule has 2 rings (SSSR count). The number of ether oxygens (including phenoxy) is 1. The molecule has 0 fully saturated rings. The van der Waals surface area contributed by atoms with Crippen molar-refractivity contribution < 1.29 is 4.74 Å². The third-order valence-corrected chi connectivity index (χ3v) is 3.39. The predicted molar refractivity (Wildman–Crippen MR) is 81.5 cm³/mol. The van der Waals surface area contributed by atoms with Crippen molar-refractivity contribution in [2.45, 2.75) is 32.8 Å². The Morgan fingerprint density at radius 2 is 2.00 bits per heavy atom. The van der Waals surface area contributed by atoms with Gasteiger partial charge in [0.15, 0.2) is 0 Å². The van der Waals surface area contributed by atoms with E-state index in [2.05, 4.69) is 30.3 Å². The van der Waals surface area contributed by atoms with E-state index in [9.17, 15) is 0 Å². The number of nitrogens with zero attached hydrogens (tertiary/aromatic N) is 1. The van der Waals surface area contributed by atoms with E-state index in [0.29, 0.717) is 18.3 Å². The molecule has 20 heavy (non-hydrogen) atoms. The van der Waals surface area contributed by atoms with Gasteiger partial charge >= 0.3 is 0 Å². The second-order valence-electron chi connectivity index (χ2n) is 4.79. The molecule has 0 aliphatic rings. The van der Waals surface area contributed by atoms with Crippen molar-refractivity contribution in [1.82, 2.24) is 4.98 Å². The summed E-state index contributed by atoms with van der Waals surface area (Å²) in [5.74, 6) is 7.40.